The Balaban J connectivity index is 6.10. The molecular weight excluding hydrogens is 282 g/mol. The first-order valence-corrected chi connectivity index (χ1v) is 22.5. The first-order valence-electron chi connectivity index (χ1n) is 6.78. The molecule has 0 saturated carbocycles. The molecule has 1 nitrogen and oxygen atoms in total. The van der Waals surface area contributed by atoms with Crippen molar-refractivity contribution < 1.29 is 0 Å². The molecule has 0 unspecified atom stereocenters. The zero-order valence-corrected chi connectivity index (χ0v) is 17.9. The van der Waals surface area contributed by atoms with Crippen LogP contribution in [0.2, 0.25) is 65.0 Å². The van der Waals surface area contributed by atoms with Crippen molar-refractivity contribution in [2.24, 2.45) is 0 Å². The minimum Gasteiger partial charge on any atom is -0.193 e. The third-order valence-corrected chi connectivity index (χ3v) is 78.3. The second-order valence-corrected chi connectivity index (χ2v) is 49.9. The van der Waals surface area contributed by atoms with Crippen LogP contribution in [0.25, 0.3) is 0 Å². The van der Waals surface area contributed by atoms with Gasteiger partial charge < -0.3 is 0 Å². The Labute approximate surface area is 118 Å². The van der Waals surface area contributed by atoms with Crippen LogP contribution in [-0.2, 0) is 0 Å². The van der Waals surface area contributed by atoms with Crippen molar-refractivity contribution in [1.29, 1.82) is 5.26 Å². The minimum absolute atomic E-state index is 0.856. The van der Waals surface area contributed by atoms with E-state index in [2.05, 4.69) is 71.6 Å². The molecule has 0 atom stereocenters. The average molecular weight is 314 g/mol. The second-order valence-electron chi connectivity index (χ2n) is 8.55. The molecule has 0 saturated heterocycles. The van der Waals surface area contributed by atoms with E-state index in [4.69, 9.17) is 0 Å². The van der Waals surface area contributed by atoms with E-state index in [1.165, 1.54) is 0 Å². The maximum atomic E-state index is 9.21. The van der Waals surface area contributed by atoms with Gasteiger partial charge >= 0.3 is 0 Å². The molecule has 0 aromatic carbocycles. The van der Waals surface area contributed by atoms with Gasteiger partial charge in [-0.1, -0.05) is 65.5 Å². The van der Waals surface area contributed by atoms with E-state index < -0.39 is 29.4 Å². The molecule has 0 rings (SSSR count). The highest BCUT2D eigenvalue weighted by atomic mass is 29.9. The summed E-state index contributed by atoms with van der Waals surface area (Å²) in [5.74, 6) is 0. The maximum absolute atomic E-state index is 9.21. The molecule has 0 heterocycles. The second kappa shape index (κ2) is 5.23. The summed E-state index contributed by atoms with van der Waals surface area (Å²) in [6.07, 6.45) is 0. The summed E-state index contributed by atoms with van der Waals surface area (Å²) >= 11 is 0. The number of nitriles is 1. The normalized spacial score (nSPS) is 14.2. The van der Waals surface area contributed by atoms with Gasteiger partial charge in [0.15, 0.2) is 0 Å². The van der Waals surface area contributed by atoms with Crippen LogP contribution in [-0.4, -0.2) is 29.4 Å². The third-order valence-electron chi connectivity index (χ3n) is 4.48. The molecule has 0 N–H and O–H groups in total. The van der Waals surface area contributed by atoms with Gasteiger partial charge in [-0.25, -0.2) is 0 Å². The highest BCUT2D eigenvalue weighted by molar-refractivity contribution is 7.89. The van der Waals surface area contributed by atoms with Crippen LogP contribution in [0.4, 0.5) is 0 Å². The first-order chi connectivity index (χ1) is 7.70. The molecule has 0 aromatic heterocycles. The van der Waals surface area contributed by atoms with Gasteiger partial charge in [-0.15, -0.1) is 0 Å². The third kappa shape index (κ3) is 3.16. The molecule has 0 fully saturated rings. The number of nitrogens with zero attached hydrogens (tertiary/aromatic N) is 1. The van der Waals surface area contributed by atoms with E-state index in [0.29, 0.717) is 0 Å². The van der Waals surface area contributed by atoms with Gasteiger partial charge in [-0.2, -0.15) is 5.26 Å². The van der Waals surface area contributed by atoms with Crippen molar-refractivity contribution in [2.45, 2.75) is 65.0 Å². The highest BCUT2D eigenvalue weighted by Crippen LogP contribution is 2.41. The van der Waals surface area contributed by atoms with Gasteiger partial charge in [-0.3, -0.25) is 0 Å². The van der Waals surface area contributed by atoms with E-state index in [1.54, 1.807) is 0 Å². The van der Waals surface area contributed by atoms with Crippen molar-refractivity contribution in [2.75, 3.05) is 0 Å². The molecule has 5 heteroatoms. The Morgan fingerprint density at radius 3 is 1.28 bits per heavy atom. The van der Waals surface area contributed by atoms with Gasteiger partial charge in [-0.05, 0) is 6.04 Å². The summed E-state index contributed by atoms with van der Waals surface area (Å²) < 4.78 is 0. The lowest BCUT2D eigenvalue weighted by Gasteiger charge is -2.57. The number of allylic oxidation sites excluding steroid dienone is 1. The summed E-state index contributed by atoms with van der Waals surface area (Å²) in [5.41, 5.74) is 0.856. The summed E-state index contributed by atoms with van der Waals surface area (Å²) in [4.78, 5) is 0. The van der Waals surface area contributed by atoms with Crippen molar-refractivity contribution in [3.63, 3.8) is 0 Å². The quantitative estimate of drug-likeness (QED) is 0.530. The molecule has 0 amide bonds. The highest BCUT2D eigenvalue weighted by Gasteiger charge is 2.61. The standard InChI is InChI=1S/C13H31NSi4/c1-13(11-14)12-18(15(2,3)4,16(5,6)7)17(8,9)10/h1,12H2,2-10H3. The number of hydrogen-bond acceptors (Lipinski definition) is 1. The van der Waals surface area contributed by atoms with Crippen molar-refractivity contribution in [3.05, 3.63) is 12.2 Å². The zero-order valence-electron chi connectivity index (χ0n) is 13.9. The molecule has 0 aliphatic carbocycles. The van der Waals surface area contributed by atoms with Gasteiger partial charge in [0.25, 0.3) is 0 Å². The SMILES string of the molecule is C=C(C#N)C[Si]([Si](C)(C)C)([Si](C)(C)C)[Si](C)(C)C. The predicted octanol–water partition coefficient (Wildman–Crippen LogP) is 4.76. The van der Waals surface area contributed by atoms with Crippen LogP contribution in [0, 0.1) is 11.3 Å². The lowest BCUT2D eigenvalue weighted by atomic mass is 10.4. The van der Waals surface area contributed by atoms with E-state index in [1.807, 2.05) is 0 Å². The van der Waals surface area contributed by atoms with Crippen LogP contribution in [0.1, 0.15) is 0 Å². The Kier molecular flexibility index (Phi) is 5.26. The average Bonchev–Trinajstić information content (AvgIpc) is 2.07. The molecule has 104 valence electrons. The molecule has 0 aliphatic rings. The van der Waals surface area contributed by atoms with Gasteiger partial charge in [0.2, 0.25) is 0 Å². The van der Waals surface area contributed by atoms with Crippen LogP contribution in [0.5, 0.6) is 0 Å². The summed E-state index contributed by atoms with van der Waals surface area (Å²) in [6, 6.07) is 3.43. The fraction of sp³-hybridized carbons (Fsp3) is 0.769. The van der Waals surface area contributed by atoms with Crippen molar-refractivity contribution in [1.82, 2.24) is 0 Å². The van der Waals surface area contributed by atoms with Crippen LogP contribution < -0.4 is 0 Å². The molecule has 0 bridgehead atoms. The minimum atomic E-state index is -1.39. The van der Waals surface area contributed by atoms with Crippen LogP contribution in [0.15, 0.2) is 12.2 Å². The zero-order chi connectivity index (χ0) is 15.0. The lowest BCUT2D eigenvalue weighted by Crippen LogP contribution is -2.82. The van der Waals surface area contributed by atoms with Crippen molar-refractivity contribution >= 4 is 29.4 Å². The summed E-state index contributed by atoms with van der Waals surface area (Å²) in [5, 5.41) is 9.21. The Hall–Kier alpha value is 0.0975. The molecule has 0 spiro atoms. The monoisotopic (exact) mass is 313 g/mol. The Morgan fingerprint density at radius 2 is 1.11 bits per heavy atom. The topological polar surface area (TPSA) is 23.8 Å². The molecule has 0 radical (unpaired) electrons. The van der Waals surface area contributed by atoms with E-state index in [9.17, 15) is 5.26 Å². The van der Waals surface area contributed by atoms with Crippen LogP contribution in [0.3, 0.4) is 0 Å². The van der Waals surface area contributed by atoms with E-state index in [0.717, 1.165) is 11.6 Å². The van der Waals surface area contributed by atoms with Gasteiger partial charge in [0.05, 0.1) is 6.07 Å². The van der Waals surface area contributed by atoms with E-state index >= 15 is 0 Å². The van der Waals surface area contributed by atoms with Gasteiger partial charge in [0.1, 0.15) is 0 Å². The van der Waals surface area contributed by atoms with E-state index in [-0.39, 0.29) is 0 Å². The summed E-state index contributed by atoms with van der Waals surface area (Å²) in [6.45, 7) is 25.7. The largest absolute Gasteiger partial charge is 0.193 e. The fourth-order valence-corrected chi connectivity index (χ4v) is 101. The maximum Gasteiger partial charge on any atom is 0.0937 e. The first kappa shape index (κ1) is 18.1. The Bertz CT molecular complexity index is 324. The molecule has 0 aromatic rings. The smallest absolute Gasteiger partial charge is 0.0937 e. The van der Waals surface area contributed by atoms with Crippen molar-refractivity contribution in [3.8, 4) is 6.07 Å². The predicted molar refractivity (Wildman–Crippen MR) is 95.4 cm³/mol. The lowest BCUT2D eigenvalue weighted by molar-refractivity contribution is 1.43. The molecule has 18 heavy (non-hydrogen) atoms. The van der Waals surface area contributed by atoms with Gasteiger partial charge in [0, 0.05) is 35.0 Å². The fourth-order valence-electron chi connectivity index (χ4n) is 4.53. The summed E-state index contributed by atoms with van der Waals surface area (Å²) in [7, 11) is -3.71. The van der Waals surface area contributed by atoms with Crippen LogP contribution >= 0.6 is 0 Å². The molecular formula is C13H31NSi4. The Morgan fingerprint density at radius 1 is 0.833 bits per heavy atom. The number of rotatable bonds is 5. The molecule has 0 aliphatic heterocycles. The number of hydrogen-bond donors (Lipinski definition) is 0.